The van der Waals surface area contributed by atoms with Crippen LogP contribution in [-0.2, 0) is 21.3 Å². The van der Waals surface area contributed by atoms with Gasteiger partial charge in [0.2, 0.25) is 10.0 Å². The maximum absolute atomic E-state index is 13.0. The average Bonchev–Trinajstić information content (AvgIpc) is 2.88. The number of para-hydroxylation sites is 1. The highest BCUT2D eigenvalue weighted by Gasteiger charge is 2.28. The van der Waals surface area contributed by atoms with Gasteiger partial charge in [0.25, 0.3) is 5.91 Å². The number of carbonyl (C=O) groups excluding carboxylic acids is 1. The van der Waals surface area contributed by atoms with E-state index in [2.05, 4.69) is 5.32 Å². The second kappa shape index (κ2) is 10.7. The largest absolute Gasteiger partial charge is 0.496 e. The molecule has 0 atom stereocenters. The van der Waals surface area contributed by atoms with Crippen molar-refractivity contribution in [1.82, 2.24) is 9.62 Å². The minimum atomic E-state index is -3.74. The average molecular weight is 483 g/mol. The lowest BCUT2D eigenvalue weighted by molar-refractivity contribution is 0.0730. The smallest absolute Gasteiger partial charge is 0.255 e. The van der Waals surface area contributed by atoms with E-state index in [4.69, 9.17) is 14.2 Å². The molecule has 9 heteroatoms. The molecule has 0 unspecified atom stereocenters. The fourth-order valence-corrected chi connectivity index (χ4v) is 5.02. The number of morpholine rings is 1. The van der Waals surface area contributed by atoms with E-state index in [-0.39, 0.29) is 30.1 Å². The number of rotatable bonds is 8. The highest BCUT2D eigenvalue weighted by Crippen LogP contribution is 2.26. The quantitative estimate of drug-likeness (QED) is 0.529. The number of benzene rings is 3. The monoisotopic (exact) mass is 482 g/mol. The third kappa shape index (κ3) is 5.56. The Balaban J connectivity index is 1.48. The zero-order chi connectivity index (χ0) is 24.0. The lowest BCUT2D eigenvalue weighted by Crippen LogP contribution is -2.40. The fourth-order valence-electron chi connectivity index (χ4n) is 3.58. The van der Waals surface area contributed by atoms with Gasteiger partial charge >= 0.3 is 0 Å². The molecule has 1 fully saturated rings. The number of ether oxygens (including phenoxy) is 3. The molecule has 3 aromatic carbocycles. The molecule has 34 heavy (non-hydrogen) atoms. The zero-order valence-corrected chi connectivity index (χ0v) is 19.6. The third-order valence-electron chi connectivity index (χ3n) is 5.35. The van der Waals surface area contributed by atoms with Crippen LogP contribution in [0.3, 0.4) is 0 Å². The number of nitrogens with zero attached hydrogens (tertiary/aromatic N) is 1. The van der Waals surface area contributed by atoms with E-state index < -0.39 is 15.9 Å². The van der Waals surface area contributed by atoms with Crippen LogP contribution in [0.5, 0.6) is 17.2 Å². The van der Waals surface area contributed by atoms with Gasteiger partial charge in [0, 0.05) is 19.6 Å². The first-order chi connectivity index (χ1) is 16.5. The number of hydrogen-bond acceptors (Lipinski definition) is 6. The molecule has 3 aromatic rings. The Kier molecular flexibility index (Phi) is 7.46. The molecule has 1 heterocycles. The van der Waals surface area contributed by atoms with Gasteiger partial charge in [-0.15, -0.1) is 0 Å². The molecule has 1 N–H and O–H groups in total. The molecule has 0 aliphatic carbocycles. The molecule has 0 bridgehead atoms. The van der Waals surface area contributed by atoms with E-state index in [0.717, 1.165) is 5.56 Å². The van der Waals surface area contributed by atoms with E-state index in [1.54, 1.807) is 0 Å². The van der Waals surface area contributed by atoms with Crippen molar-refractivity contribution in [3.8, 4) is 17.2 Å². The van der Waals surface area contributed by atoms with Crippen LogP contribution in [0.1, 0.15) is 15.9 Å². The Morgan fingerprint density at radius 3 is 2.44 bits per heavy atom. The van der Waals surface area contributed by atoms with E-state index in [0.29, 0.717) is 30.5 Å². The summed E-state index contributed by atoms with van der Waals surface area (Å²) in [5.74, 6) is 1.21. The Morgan fingerprint density at radius 1 is 0.971 bits per heavy atom. The van der Waals surface area contributed by atoms with Crippen molar-refractivity contribution in [3.05, 3.63) is 83.9 Å². The van der Waals surface area contributed by atoms with E-state index in [1.165, 1.54) is 29.6 Å². The Morgan fingerprint density at radius 2 is 1.71 bits per heavy atom. The van der Waals surface area contributed by atoms with Crippen LogP contribution in [-0.4, -0.2) is 52.0 Å². The summed E-state index contributed by atoms with van der Waals surface area (Å²) in [6.07, 6.45) is 0. The van der Waals surface area contributed by atoms with Crippen LogP contribution >= 0.6 is 0 Å². The number of nitrogens with one attached hydrogen (secondary N) is 1. The van der Waals surface area contributed by atoms with Gasteiger partial charge in [-0.25, -0.2) is 8.42 Å². The second-order valence-electron chi connectivity index (χ2n) is 7.62. The SMILES string of the molecule is COc1ccc(S(=O)(=O)N2CCOCC2)cc1C(=O)NCc1cccc(Oc2ccccc2)c1. The first-order valence-corrected chi connectivity index (χ1v) is 12.3. The van der Waals surface area contributed by atoms with Gasteiger partial charge in [0.05, 0.1) is 30.8 Å². The summed E-state index contributed by atoms with van der Waals surface area (Å²) in [6, 6.07) is 21.1. The molecule has 1 saturated heterocycles. The molecule has 4 rings (SSSR count). The van der Waals surface area contributed by atoms with Crippen LogP contribution in [0.25, 0.3) is 0 Å². The summed E-state index contributed by atoms with van der Waals surface area (Å²) in [7, 11) is -2.31. The topological polar surface area (TPSA) is 94.2 Å². The van der Waals surface area contributed by atoms with Crippen LogP contribution < -0.4 is 14.8 Å². The highest BCUT2D eigenvalue weighted by atomic mass is 32.2. The predicted octanol–water partition coefficient (Wildman–Crippen LogP) is 3.44. The second-order valence-corrected chi connectivity index (χ2v) is 9.56. The molecule has 0 spiro atoms. The third-order valence-corrected chi connectivity index (χ3v) is 7.25. The Hall–Kier alpha value is -3.40. The summed E-state index contributed by atoms with van der Waals surface area (Å²) in [5, 5.41) is 2.84. The molecular formula is C25H26N2O6S. The normalized spacial score (nSPS) is 14.4. The lowest BCUT2D eigenvalue weighted by atomic mass is 10.1. The molecule has 0 saturated carbocycles. The predicted molar refractivity (Wildman–Crippen MR) is 127 cm³/mol. The molecule has 0 radical (unpaired) electrons. The van der Waals surface area contributed by atoms with Crippen molar-refractivity contribution in [1.29, 1.82) is 0 Å². The number of sulfonamides is 1. The molecule has 1 aliphatic rings. The highest BCUT2D eigenvalue weighted by molar-refractivity contribution is 7.89. The zero-order valence-electron chi connectivity index (χ0n) is 18.8. The van der Waals surface area contributed by atoms with Gasteiger partial charge < -0.3 is 19.5 Å². The summed E-state index contributed by atoms with van der Waals surface area (Å²) < 4.78 is 43.8. The van der Waals surface area contributed by atoms with Crippen molar-refractivity contribution < 1.29 is 27.4 Å². The van der Waals surface area contributed by atoms with Crippen LogP contribution in [0.2, 0.25) is 0 Å². The van der Waals surface area contributed by atoms with E-state index in [1.807, 2.05) is 54.6 Å². The van der Waals surface area contributed by atoms with Crippen molar-refractivity contribution in [2.24, 2.45) is 0 Å². The Labute approximate surface area is 199 Å². The van der Waals surface area contributed by atoms with Gasteiger partial charge in [-0.05, 0) is 48.0 Å². The van der Waals surface area contributed by atoms with E-state index >= 15 is 0 Å². The maximum atomic E-state index is 13.0. The molecule has 8 nitrogen and oxygen atoms in total. The van der Waals surface area contributed by atoms with Gasteiger partial charge in [0.15, 0.2) is 0 Å². The fraction of sp³-hybridized carbons (Fsp3) is 0.240. The maximum Gasteiger partial charge on any atom is 0.255 e. The van der Waals surface area contributed by atoms with Gasteiger partial charge in [-0.2, -0.15) is 4.31 Å². The minimum absolute atomic E-state index is 0.0404. The first-order valence-electron chi connectivity index (χ1n) is 10.8. The van der Waals surface area contributed by atoms with Gasteiger partial charge in [0.1, 0.15) is 17.2 Å². The van der Waals surface area contributed by atoms with Crippen LogP contribution in [0.15, 0.2) is 77.7 Å². The minimum Gasteiger partial charge on any atom is -0.496 e. The van der Waals surface area contributed by atoms with Crippen molar-refractivity contribution in [2.45, 2.75) is 11.4 Å². The summed E-state index contributed by atoms with van der Waals surface area (Å²) >= 11 is 0. The lowest BCUT2D eigenvalue weighted by Gasteiger charge is -2.26. The molecule has 178 valence electrons. The number of carbonyl (C=O) groups is 1. The Bertz CT molecular complexity index is 1240. The molecule has 0 aromatic heterocycles. The van der Waals surface area contributed by atoms with Crippen molar-refractivity contribution in [3.63, 3.8) is 0 Å². The van der Waals surface area contributed by atoms with E-state index in [9.17, 15) is 13.2 Å². The molecule has 1 amide bonds. The van der Waals surface area contributed by atoms with Crippen LogP contribution in [0.4, 0.5) is 0 Å². The number of amides is 1. The molecular weight excluding hydrogens is 456 g/mol. The number of methoxy groups -OCH3 is 1. The van der Waals surface area contributed by atoms with Crippen molar-refractivity contribution >= 4 is 15.9 Å². The molecule has 1 aliphatic heterocycles. The van der Waals surface area contributed by atoms with Crippen LogP contribution in [0, 0.1) is 0 Å². The number of hydrogen-bond donors (Lipinski definition) is 1. The van der Waals surface area contributed by atoms with Crippen molar-refractivity contribution in [2.75, 3.05) is 33.4 Å². The standard InChI is InChI=1S/C25H26N2O6S/c1-31-24-11-10-22(34(29,30)27-12-14-32-15-13-27)17-23(24)25(28)26-18-19-6-5-9-21(16-19)33-20-7-3-2-4-8-20/h2-11,16-17H,12-15,18H2,1H3,(H,26,28). The first kappa shape index (κ1) is 23.7. The summed E-state index contributed by atoms with van der Waals surface area (Å²) in [4.78, 5) is 13.0. The summed E-state index contributed by atoms with van der Waals surface area (Å²) in [6.45, 7) is 1.47. The van der Waals surface area contributed by atoms with Gasteiger partial charge in [-0.1, -0.05) is 30.3 Å². The van der Waals surface area contributed by atoms with Gasteiger partial charge in [-0.3, -0.25) is 4.79 Å². The summed E-state index contributed by atoms with van der Waals surface area (Å²) in [5.41, 5.74) is 0.978.